The highest BCUT2D eigenvalue weighted by atomic mass is 32.2. The summed E-state index contributed by atoms with van der Waals surface area (Å²) in [6, 6.07) is 0. The van der Waals surface area contributed by atoms with Crippen LogP contribution in [-0.2, 0) is 50.1 Å². The predicted molar refractivity (Wildman–Crippen MR) is 102 cm³/mol. The van der Waals surface area contributed by atoms with E-state index in [0.29, 0.717) is 25.7 Å². The molecule has 2 unspecified atom stereocenters. The zero-order chi connectivity index (χ0) is 24.0. The Morgan fingerprint density at radius 2 is 1.03 bits per heavy atom. The van der Waals surface area contributed by atoms with E-state index in [2.05, 4.69) is 0 Å². The number of carbonyl (C=O) groups excluding carboxylic acids is 6. The van der Waals surface area contributed by atoms with Gasteiger partial charge in [-0.2, -0.15) is 9.80 Å². The molecular formula is C16H20N2O12S2. The first-order valence-corrected chi connectivity index (χ1v) is 11.9. The lowest BCUT2D eigenvalue weighted by Gasteiger charge is -2.13. The molecule has 2 fully saturated rings. The number of thiol groups is 2. The number of amides is 6. The third kappa shape index (κ3) is 5.87. The van der Waals surface area contributed by atoms with Crippen molar-refractivity contribution in [3.63, 3.8) is 0 Å². The Morgan fingerprint density at radius 1 is 0.688 bits per heavy atom. The van der Waals surface area contributed by atoms with E-state index in [1.165, 1.54) is 0 Å². The zero-order valence-electron chi connectivity index (χ0n) is 16.5. The maximum Gasteiger partial charge on any atom is 0.423 e. The van der Waals surface area contributed by atoms with E-state index in [-0.39, 0.29) is 23.0 Å². The van der Waals surface area contributed by atoms with Crippen LogP contribution in [0.3, 0.4) is 0 Å². The topological polar surface area (TPSA) is 196 Å². The molecular weight excluding hydrogens is 476 g/mol. The van der Waals surface area contributed by atoms with E-state index in [0.717, 1.165) is 0 Å². The molecule has 2 rings (SSSR count). The molecule has 6 amide bonds. The SMILES string of the molecule is O=C1CC([SH](=O)=O)C(=O)N1C(=O)OCCCCCCOC(=O)N1C(=O)CC([SH](=O)=O)C1=O. The summed E-state index contributed by atoms with van der Waals surface area (Å²) in [5.74, 6) is -4.17. The quantitative estimate of drug-likeness (QED) is 0.209. The summed E-state index contributed by atoms with van der Waals surface area (Å²) >= 11 is 0. The maximum absolute atomic E-state index is 11.8. The number of likely N-dealkylation sites (tertiary alicyclic amines) is 2. The van der Waals surface area contributed by atoms with E-state index >= 15 is 0 Å². The Kier molecular flexibility index (Phi) is 8.82. The molecule has 0 spiro atoms. The van der Waals surface area contributed by atoms with Crippen LogP contribution in [0, 0.1) is 0 Å². The molecule has 2 aliphatic heterocycles. The number of imide groups is 6. The molecule has 14 nitrogen and oxygen atoms in total. The number of ether oxygens (including phenoxy) is 2. The number of carbonyl (C=O) groups is 6. The molecule has 2 aliphatic rings. The maximum atomic E-state index is 11.8. The minimum absolute atomic E-state index is 0.143. The molecule has 32 heavy (non-hydrogen) atoms. The number of unbranched alkanes of at least 4 members (excludes halogenated alkanes) is 3. The summed E-state index contributed by atoms with van der Waals surface area (Å²) in [4.78, 5) is 70.7. The average molecular weight is 496 g/mol. The van der Waals surface area contributed by atoms with Crippen LogP contribution >= 0.6 is 0 Å². The van der Waals surface area contributed by atoms with Crippen LogP contribution in [0.25, 0.3) is 0 Å². The third-order valence-electron chi connectivity index (χ3n) is 4.61. The van der Waals surface area contributed by atoms with Gasteiger partial charge in [0.05, 0.1) is 26.1 Å². The van der Waals surface area contributed by atoms with E-state index in [4.69, 9.17) is 9.47 Å². The fourth-order valence-electron chi connectivity index (χ4n) is 2.95. The molecule has 2 saturated heterocycles. The molecule has 0 aromatic carbocycles. The van der Waals surface area contributed by atoms with Gasteiger partial charge in [0.15, 0.2) is 21.4 Å². The first-order chi connectivity index (χ1) is 15.1. The molecule has 0 bridgehead atoms. The van der Waals surface area contributed by atoms with Gasteiger partial charge in [-0.25, -0.2) is 26.4 Å². The van der Waals surface area contributed by atoms with Gasteiger partial charge in [0, 0.05) is 0 Å². The highest BCUT2D eigenvalue weighted by molar-refractivity contribution is 7.74. The Hall–Kier alpha value is -2.88. The normalized spacial score (nSPS) is 21.2. The third-order valence-corrected chi connectivity index (χ3v) is 6.43. The molecule has 0 N–H and O–H groups in total. The number of rotatable bonds is 9. The Morgan fingerprint density at radius 3 is 1.31 bits per heavy atom. The number of hydrogen-bond acceptors (Lipinski definition) is 12. The summed E-state index contributed by atoms with van der Waals surface area (Å²) in [7, 11) is -6.37. The van der Waals surface area contributed by atoms with Crippen molar-refractivity contribution in [2.24, 2.45) is 0 Å². The molecule has 0 aliphatic carbocycles. The fraction of sp³-hybridized carbons (Fsp3) is 0.625. The van der Waals surface area contributed by atoms with Gasteiger partial charge in [0.25, 0.3) is 11.8 Å². The Balaban J connectivity index is 1.61. The smallest absolute Gasteiger partial charge is 0.423 e. The van der Waals surface area contributed by atoms with Gasteiger partial charge in [0.1, 0.15) is 10.5 Å². The van der Waals surface area contributed by atoms with E-state index in [1.807, 2.05) is 0 Å². The second kappa shape index (κ2) is 11.1. The molecule has 2 heterocycles. The van der Waals surface area contributed by atoms with Crippen molar-refractivity contribution < 1.29 is 55.1 Å². The Labute approximate surface area is 184 Å². The van der Waals surface area contributed by atoms with E-state index in [1.54, 1.807) is 0 Å². The lowest BCUT2D eigenvalue weighted by molar-refractivity contribution is -0.137. The second-order valence-corrected chi connectivity index (χ2v) is 9.18. The van der Waals surface area contributed by atoms with Crippen LogP contribution in [-0.4, -0.2) is 86.2 Å². The van der Waals surface area contributed by atoms with Crippen molar-refractivity contribution in [3.8, 4) is 0 Å². The minimum atomic E-state index is -3.18. The van der Waals surface area contributed by atoms with Crippen LogP contribution in [0.5, 0.6) is 0 Å². The summed E-state index contributed by atoms with van der Waals surface area (Å²) < 4.78 is 53.2. The lowest BCUT2D eigenvalue weighted by atomic mass is 10.2. The van der Waals surface area contributed by atoms with Crippen molar-refractivity contribution in [2.75, 3.05) is 13.2 Å². The Bertz CT molecular complexity index is 892. The van der Waals surface area contributed by atoms with Crippen molar-refractivity contribution in [2.45, 2.75) is 49.0 Å². The molecule has 0 radical (unpaired) electrons. The van der Waals surface area contributed by atoms with E-state index in [9.17, 15) is 45.6 Å². The van der Waals surface area contributed by atoms with Gasteiger partial charge in [-0.1, -0.05) is 0 Å². The fourth-order valence-corrected chi connectivity index (χ4v) is 4.15. The monoisotopic (exact) mass is 496 g/mol. The van der Waals surface area contributed by atoms with Gasteiger partial charge in [-0.3, -0.25) is 19.2 Å². The van der Waals surface area contributed by atoms with Gasteiger partial charge in [-0.05, 0) is 25.7 Å². The van der Waals surface area contributed by atoms with Crippen molar-refractivity contribution in [3.05, 3.63) is 0 Å². The van der Waals surface area contributed by atoms with Gasteiger partial charge < -0.3 is 9.47 Å². The van der Waals surface area contributed by atoms with Gasteiger partial charge in [0.2, 0.25) is 11.8 Å². The number of hydrogen-bond donors (Lipinski definition) is 2. The van der Waals surface area contributed by atoms with Crippen LogP contribution < -0.4 is 0 Å². The molecule has 0 saturated carbocycles. The largest absolute Gasteiger partial charge is 0.449 e. The van der Waals surface area contributed by atoms with Crippen molar-refractivity contribution in [1.82, 2.24) is 9.80 Å². The van der Waals surface area contributed by atoms with Crippen molar-refractivity contribution >= 4 is 57.2 Å². The van der Waals surface area contributed by atoms with Crippen LogP contribution in [0.4, 0.5) is 9.59 Å². The summed E-state index contributed by atoms with van der Waals surface area (Å²) in [6.45, 7) is -0.287. The van der Waals surface area contributed by atoms with Crippen LogP contribution in [0.15, 0.2) is 0 Å². The molecule has 0 aromatic rings. The first kappa shape index (κ1) is 25.4. The minimum Gasteiger partial charge on any atom is -0.449 e. The van der Waals surface area contributed by atoms with E-state index < -0.39 is 80.6 Å². The number of nitrogens with zero attached hydrogens (tertiary/aromatic N) is 2. The van der Waals surface area contributed by atoms with Gasteiger partial charge >= 0.3 is 12.2 Å². The summed E-state index contributed by atoms with van der Waals surface area (Å²) in [5, 5.41) is -3.12. The highest BCUT2D eigenvalue weighted by Crippen LogP contribution is 2.18. The lowest BCUT2D eigenvalue weighted by Crippen LogP contribution is -2.38. The first-order valence-electron chi connectivity index (χ1n) is 9.40. The predicted octanol–water partition coefficient (Wildman–Crippen LogP) is -1.70. The van der Waals surface area contributed by atoms with Crippen LogP contribution in [0.1, 0.15) is 38.5 Å². The van der Waals surface area contributed by atoms with Gasteiger partial charge in [-0.15, -0.1) is 0 Å². The van der Waals surface area contributed by atoms with Crippen LogP contribution in [0.2, 0.25) is 0 Å². The molecule has 2 atom stereocenters. The molecule has 0 aromatic heterocycles. The second-order valence-electron chi connectivity index (χ2n) is 6.79. The van der Waals surface area contributed by atoms with Crippen molar-refractivity contribution in [1.29, 1.82) is 0 Å². The summed E-state index contributed by atoms with van der Waals surface area (Å²) in [5.41, 5.74) is 0. The molecule has 178 valence electrons. The average Bonchev–Trinajstić information content (AvgIpc) is 3.18. The standard InChI is InChI=1S/C16H20N2O12S2/c19-11-7-9(31(25)26)13(21)17(11)15(23)29-5-3-1-2-4-6-30-16(24)18-12(20)8-10(14(18)22)32(27)28/h9-10,31-32H,1-8H2. The highest BCUT2D eigenvalue weighted by Gasteiger charge is 2.46. The summed E-state index contributed by atoms with van der Waals surface area (Å²) in [6.07, 6.45) is -2.05. The molecule has 16 heteroatoms. The zero-order valence-corrected chi connectivity index (χ0v) is 18.3.